The fourth-order valence-electron chi connectivity index (χ4n) is 2.36. The summed E-state index contributed by atoms with van der Waals surface area (Å²) in [7, 11) is 0. The summed E-state index contributed by atoms with van der Waals surface area (Å²) in [5.74, 6) is -1.23. The molecule has 0 spiro atoms. The van der Waals surface area contributed by atoms with E-state index in [2.05, 4.69) is 26.2 Å². The molecule has 20 heavy (non-hydrogen) atoms. The third kappa shape index (κ3) is 2.45. The molecule has 1 aliphatic carbocycles. The first kappa shape index (κ1) is 13.6. The van der Waals surface area contributed by atoms with Gasteiger partial charge in [-0.15, -0.1) is 11.3 Å². The third-order valence-corrected chi connectivity index (χ3v) is 5.08. The molecule has 0 bridgehead atoms. The molecule has 1 aromatic heterocycles. The molecule has 0 saturated heterocycles. The molecular weight excluding hydrogens is 340 g/mol. The summed E-state index contributed by atoms with van der Waals surface area (Å²) in [6.45, 7) is 2.03. The van der Waals surface area contributed by atoms with Crippen LogP contribution in [-0.4, -0.2) is 16.1 Å². The van der Waals surface area contributed by atoms with Gasteiger partial charge in [-0.05, 0) is 53.4 Å². The minimum absolute atomic E-state index is 0.446. The first-order chi connectivity index (χ1) is 9.54. The van der Waals surface area contributed by atoms with Gasteiger partial charge in [-0.3, -0.25) is 4.79 Å². The Morgan fingerprint density at radius 2 is 2.35 bits per heavy atom. The number of halogens is 1. The number of hydrogen-bond acceptors (Lipinski definition) is 4. The van der Waals surface area contributed by atoms with Crippen molar-refractivity contribution in [1.82, 2.24) is 4.98 Å². The van der Waals surface area contributed by atoms with Crippen LogP contribution in [0.4, 0.5) is 10.8 Å². The van der Waals surface area contributed by atoms with Gasteiger partial charge in [0.1, 0.15) is 5.92 Å². The molecule has 0 aliphatic heterocycles. The summed E-state index contributed by atoms with van der Waals surface area (Å²) in [5.41, 5.74) is 2.85. The molecule has 1 unspecified atom stereocenters. The lowest BCUT2D eigenvalue weighted by molar-refractivity contribution is -0.138. The molecule has 0 saturated carbocycles. The Morgan fingerprint density at radius 3 is 3.05 bits per heavy atom. The average Bonchev–Trinajstić information content (AvgIpc) is 2.91. The number of benzene rings is 1. The van der Waals surface area contributed by atoms with E-state index in [4.69, 9.17) is 0 Å². The second-order valence-corrected chi connectivity index (χ2v) is 6.80. The van der Waals surface area contributed by atoms with Crippen molar-refractivity contribution in [3.8, 4) is 0 Å². The van der Waals surface area contributed by atoms with Crippen LogP contribution in [0.3, 0.4) is 0 Å². The molecule has 1 aromatic carbocycles. The molecule has 6 heteroatoms. The molecule has 1 atom stereocenters. The minimum atomic E-state index is -0.780. The Labute approximate surface area is 129 Å². The number of nitrogens with zero attached hydrogens (tertiary/aromatic N) is 1. The smallest absolute Gasteiger partial charge is 0.312 e. The highest BCUT2D eigenvalue weighted by atomic mass is 79.9. The average molecular weight is 353 g/mol. The molecule has 0 radical (unpaired) electrons. The Hall–Kier alpha value is -1.40. The van der Waals surface area contributed by atoms with Gasteiger partial charge < -0.3 is 10.4 Å². The molecular formula is C14H13BrN2O2S. The summed E-state index contributed by atoms with van der Waals surface area (Å²) in [4.78, 5) is 16.7. The summed E-state index contributed by atoms with van der Waals surface area (Å²) >= 11 is 5.06. The zero-order valence-electron chi connectivity index (χ0n) is 10.8. The van der Waals surface area contributed by atoms with Crippen molar-refractivity contribution in [2.75, 3.05) is 5.32 Å². The molecule has 3 rings (SSSR count). The number of hydrogen-bond donors (Lipinski definition) is 2. The van der Waals surface area contributed by atoms with Crippen molar-refractivity contribution in [2.24, 2.45) is 0 Å². The summed E-state index contributed by atoms with van der Waals surface area (Å²) in [6, 6.07) is 6.04. The quantitative estimate of drug-likeness (QED) is 0.873. The maximum absolute atomic E-state index is 11.2. The van der Waals surface area contributed by atoms with Crippen LogP contribution in [0.5, 0.6) is 0 Å². The Bertz CT molecular complexity index is 684. The number of rotatable bonds is 3. The van der Waals surface area contributed by atoms with Gasteiger partial charge in [-0.1, -0.05) is 6.07 Å². The van der Waals surface area contributed by atoms with Gasteiger partial charge in [0.05, 0.1) is 11.4 Å². The number of anilines is 2. The first-order valence-electron chi connectivity index (χ1n) is 6.30. The largest absolute Gasteiger partial charge is 0.481 e. The van der Waals surface area contributed by atoms with Crippen LogP contribution in [-0.2, 0) is 11.2 Å². The summed E-state index contributed by atoms with van der Waals surface area (Å²) in [5, 5.41) is 13.2. The number of aliphatic carboxylic acids is 1. The number of carboxylic acid groups (broad SMARTS) is 1. The standard InChI is InChI=1S/C14H13BrN2O2S/c1-7-2-4-10(9(15)6-7)16-14-17-12-8(13(18)19)3-5-11(12)20-14/h2,4,6,8H,3,5H2,1H3,(H,16,17)(H,18,19). The lowest BCUT2D eigenvalue weighted by atomic mass is 10.1. The second-order valence-electron chi connectivity index (χ2n) is 4.87. The van der Waals surface area contributed by atoms with Crippen LogP contribution >= 0.6 is 27.3 Å². The van der Waals surface area contributed by atoms with Crippen molar-refractivity contribution in [2.45, 2.75) is 25.7 Å². The van der Waals surface area contributed by atoms with E-state index in [1.54, 1.807) is 11.3 Å². The molecule has 2 aromatic rings. The van der Waals surface area contributed by atoms with Crippen LogP contribution in [0, 0.1) is 6.92 Å². The van der Waals surface area contributed by atoms with Gasteiger partial charge in [-0.2, -0.15) is 0 Å². The van der Waals surface area contributed by atoms with Crippen LogP contribution < -0.4 is 5.32 Å². The summed E-state index contributed by atoms with van der Waals surface area (Å²) < 4.78 is 0.975. The first-order valence-corrected chi connectivity index (χ1v) is 7.91. The van der Waals surface area contributed by atoms with Crippen molar-refractivity contribution in [1.29, 1.82) is 0 Å². The van der Waals surface area contributed by atoms with Crippen molar-refractivity contribution < 1.29 is 9.90 Å². The number of nitrogens with one attached hydrogen (secondary N) is 1. The predicted octanol–water partition coefficient (Wildman–Crippen LogP) is 4.07. The number of fused-ring (bicyclic) bond motifs is 1. The van der Waals surface area contributed by atoms with Crippen molar-refractivity contribution in [3.63, 3.8) is 0 Å². The molecule has 104 valence electrons. The Balaban J connectivity index is 1.86. The zero-order chi connectivity index (χ0) is 14.3. The molecule has 0 amide bonds. The normalized spacial score (nSPS) is 17.0. The van der Waals surface area contributed by atoms with Gasteiger partial charge in [0.2, 0.25) is 0 Å². The van der Waals surface area contributed by atoms with E-state index in [1.165, 1.54) is 5.56 Å². The zero-order valence-corrected chi connectivity index (χ0v) is 13.2. The third-order valence-electron chi connectivity index (χ3n) is 3.38. The molecule has 1 heterocycles. The lowest BCUT2D eigenvalue weighted by Gasteiger charge is -2.07. The van der Waals surface area contributed by atoms with Crippen LogP contribution in [0.2, 0.25) is 0 Å². The number of aromatic nitrogens is 1. The SMILES string of the molecule is Cc1ccc(Nc2nc3c(s2)CCC3C(=O)O)c(Br)c1. The number of aryl methyl sites for hydroxylation is 2. The Morgan fingerprint density at radius 1 is 1.55 bits per heavy atom. The van der Waals surface area contributed by atoms with Gasteiger partial charge in [0.25, 0.3) is 0 Å². The van der Waals surface area contributed by atoms with E-state index in [0.29, 0.717) is 6.42 Å². The maximum atomic E-state index is 11.2. The highest BCUT2D eigenvalue weighted by molar-refractivity contribution is 9.10. The molecule has 2 N–H and O–H groups in total. The fourth-order valence-corrected chi connectivity index (χ4v) is 4.00. The number of thiazole rings is 1. The van der Waals surface area contributed by atoms with Gasteiger partial charge >= 0.3 is 5.97 Å². The molecule has 4 nitrogen and oxygen atoms in total. The maximum Gasteiger partial charge on any atom is 0.312 e. The topological polar surface area (TPSA) is 62.2 Å². The molecule has 0 fully saturated rings. The van der Waals surface area contributed by atoms with E-state index in [9.17, 15) is 9.90 Å². The van der Waals surface area contributed by atoms with E-state index in [0.717, 1.165) is 32.3 Å². The highest BCUT2D eigenvalue weighted by Gasteiger charge is 2.32. The van der Waals surface area contributed by atoms with Crippen LogP contribution in [0.1, 0.15) is 28.5 Å². The fraction of sp³-hybridized carbons (Fsp3) is 0.286. The predicted molar refractivity (Wildman–Crippen MR) is 83.0 cm³/mol. The van der Waals surface area contributed by atoms with E-state index in [1.807, 2.05) is 25.1 Å². The van der Waals surface area contributed by atoms with E-state index < -0.39 is 11.9 Å². The van der Waals surface area contributed by atoms with Crippen molar-refractivity contribution in [3.05, 3.63) is 38.8 Å². The number of carboxylic acids is 1. The van der Waals surface area contributed by atoms with Crippen molar-refractivity contribution >= 4 is 44.1 Å². The lowest BCUT2D eigenvalue weighted by Crippen LogP contribution is -2.08. The molecule has 1 aliphatic rings. The van der Waals surface area contributed by atoms with Crippen LogP contribution in [0.15, 0.2) is 22.7 Å². The minimum Gasteiger partial charge on any atom is -0.481 e. The summed E-state index contributed by atoms with van der Waals surface area (Å²) in [6.07, 6.45) is 1.47. The second kappa shape index (κ2) is 5.18. The van der Waals surface area contributed by atoms with Gasteiger partial charge in [-0.25, -0.2) is 4.98 Å². The monoisotopic (exact) mass is 352 g/mol. The Kier molecular flexibility index (Phi) is 3.52. The van der Waals surface area contributed by atoms with Crippen LogP contribution in [0.25, 0.3) is 0 Å². The highest BCUT2D eigenvalue weighted by Crippen LogP contribution is 2.39. The van der Waals surface area contributed by atoms with E-state index in [-0.39, 0.29) is 0 Å². The van der Waals surface area contributed by atoms with E-state index >= 15 is 0 Å². The van der Waals surface area contributed by atoms with Gasteiger partial charge in [0, 0.05) is 9.35 Å². The number of carbonyl (C=O) groups is 1. The van der Waals surface area contributed by atoms with Gasteiger partial charge in [0.15, 0.2) is 5.13 Å².